The summed E-state index contributed by atoms with van der Waals surface area (Å²) in [4.78, 5) is 15.7. The summed E-state index contributed by atoms with van der Waals surface area (Å²) >= 11 is 1.58. The summed E-state index contributed by atoms with van der Waals surface area (Å²) in [6, 6.07) is 17.0. The van der Waals surface area contributed by atoms with Crippen molar-refractivity contribution in [1.29, 1.82) is 0 Å². The molecule has 5 heteroatoms. The number of benzene rings is 2. The number of hydrogen-bond acceptors (Lipinski definition) is 3. The van der Waals surface area contributed by atoms with Gasteiger partial charge in [-0.3, -0.25) is 9.69 Å². The SMILES string of the molecule is O=C(CCSc1ccc(F)cc1)NCC(c1ccccc1)N1CCCC1. The summed E-state index contributed by atoms with van der Waals surface area (Å²) < 4.78 is 12.9. The van der Waals surface area contributed by atoms with Crippen molar-refractivity contribution in [2.24, 2.45) is 0 Å². The molecule has 1 fully saturated rings. The van der Waals surface area contributed by atoms with E-state index in [4.69, 9.17) is 0 Å². The third-order valence-electron chi connectivity index (χ3n) is 4.67. The van der Waals surface area contributed by atoms with Crippen LogP contribution in [0.1, 0.15) is 30.9 Å². The quantitative estimate of drug-likeness (QED) is 0.703. The molecule has 138 valence electrons. The Labute approximate surface area is 159 Å². The van der Waals surface area contributed by atoms with E-state index in [9.17, 15) is 9.18 Å². The van der Waals surface area contributed by atoms with Crippen molar-refractivity contribution in [2.45, 2.75) is 30.2 Å². The second-order valence-electron chi connectivity index (χ2n) is 6.53. The first kappa shape index (κ1) is 18.9. The maximum Gasteiger partial charge on any atom is 0.220 e. The van der Waals surface area contributed by atoms with Gasteiger partial charge in [-0.15, -0.1) is 11.8 Å². The van der Waals surface area contributed by atoms with Crippen LogP contribution in [0.5, 0.6) is 0 Å². The van der Waals surface area contributed by atoms with Gasteiger partial charge in [-0.25, -0.2) is 4.39 Å². The van der Waals surface area contributed by atoms with Gasteiger partial charge in [0.2, 0.25) is 5.91 Å². The third-order valence-corrected chi connectivity index (χ3v) is 5.68. The van der Waals surface area contributed by atoms with Gasteiger partial charge in [0.1, 0.15) is 5.82 Å². The minimum absolute atomic E-state index is 0.0692. The maximum atomic E-state index is 12.9. The van der Waals surface area contributed by atoms with Crippen molar-refractivity contribution in [2.75, 3.05) is 25.4 Å². The van der Waals surface area contributed by atoms with Crippen LogP contribution in [0.15, 0.2) is 59.5 Å². The average Bonchev–Trinajstić information content (AvgIpc) is 3.19. The van der Waals surface area contributed by atoms with Gasteiger partial charge in [0, 0.05) is 23.6 Å². The topological polar surface area (TPSA) is 32.3 Å². The molecule has 1 N–H and O–H groups in total. The smallest absolute Gasteiger partial charge is 0.220 e. The Balaban J connectivity index is 1.47. The number of thioether (sulfide) groups is 1. The number of carbonyl (C=O) groups is 1. The van der Waals surface area contributed by atoms with E-state index >= 15 is 0 Å². The molecule has 26 heavy (non-hydrogen) atoms. The lowest BCUT2D eigenvalue weighted by Crippen LogP contribution is -2.36. The number of rotatable bonds is 8. The van der Waals surface area contributed by atoms with Crippen LogP contribution in [0.2, 0.25) is 0 Å². The van der Waals surface area contributed by atoms with Crippen molar-refractivity contribution >= 4 is 17.7 Å². The van der Waals surface area contributed by atoms with Gasteiger partial charge in [-0.1, -0.05) is 30.3 Å². The Morgan fingerprint density at radius 3 is 2.46 bits per heavy atom. The van der Waals surface area contributed by atoms with E-state index in [1.165, 1.54) is 30.5 Å². The van der Waals surface area contributed by atoms with Crippen LogP contribution in [-0.2, 0) is 4.79 Å². The molecule has 0 radical (unpaired) electrons. The van der Waals surface area contributed by atoms with Gasteiger partial charge < -0.3 is 5.32 Å². The first-order valence-corrected chi connectivity index (χ1v) is 10.1. The Kier molecular flexibility index (Phi) is 7.09. The average molecular weight is 373 g/mol. The molecule has 0 bridgehead atoms. The van der Waals surface area contributed by atoms with Crippen LogP contribution in [0.4, 0.5) is 4.39 Å². The zero-order chi connectivity index (χ0) is 18.2. The maximum absolute atomic E-state index is 12.9. The molecular formula is C21H25FN2OS. The number of nitrogens with one attached hydrogen (secondary N) is 1. The standard InChI is InChI=1S/C21H25FN2OS/c22-18-8-10-19(11-9-18)26-15-12-21(25)23-16-20(24-13-4-5-14-24)17-6-2-1-3-7-17/h1-3,6-11,20H,4-5,12-16H2,(H,23,25). The molecule has 0 aliphatic carbocycles. The van der Waals surface area contributed by atoms with Crippen LogP contribution < -0.4 is 5.32 Å². The molecule has 1 amide bonds. The van der Waals surface area contributed by atoms with E-state index in [0.29, 0.717) is 18.7 Å². The molecule has 2 aromatic carbocycles. The number of nitrogens with zero attached hydrogens (tertiary/aromatic N) is 1. The number of amides is 1. The van der Waals surface area contributed by atoms with Gasteiger partial charge >= 0.3 is 0 Å². The molecule has 1 unspecified atom stereocenters. The van der Waals surface area contributed by atoms with Crippen LogP contribution >= 0.6 is 11.8 Å². The van der Waals surface area contributed by atoms with Crippen molar-refractivity contribution in [3.8, 4) is 0 Å². The van der Waals surface area contributed by atoms with Crippen molar-refractivity contribution in [1.82, 2.24) is 10.2 Å². The number of halogens is 1. The molecule has 0 aromatic heterocycles. The van der Waals surface area contributed by atoms with Crippen LogP contribution in [0, 0.1) is 5.82 Å². The lowest BCUT2D eigenvalue weighted by molar-refractivity contribution is -0.120. The molecule has 2 aromatic rings. The van der Waals surface area contributed by atoms with E-state index < -0.39 is 0 Å². The summed E-state index contributed by atoms with van der Waals surface area (Å²) in [6.07, 6.45) is 2.92. The van der Waals surface area contributed by atoms with Gasteiger partial charge in [0.15, 0.2) is 0 Å². The summed E-state index contributed by atoms with van der Waals surface area (Å²) in [5.74, 6) is 0.526. The van der Waals surface area contributed by atoms with E-state index in [2.05, 4.69) is 34.5 Å². The van der Waals surface area contributed by atoms with E-state index in [0.717, 1.165) is 18.0 Å². The van der Waals surface area contributed by atoms with Crippen molar-refractivity contribution < 1.29 is 9.18 Å². The fourth-order valence-electron chi connectivity index (χ4n) is 3.28. The second kappa shape index (κ2) is 9.74. The fourth-order valence-corrected chi connectivity index (χ4v) is 4.13. The molecule has 3 nitrogen and oxygen atoms in total. The largest absolute Gasteiger partial charge is 0.354 e. The third kappa shape index (κ3) is 5.58. The van der Waals surface area contributed by atoms with Crippen LogP contribution in [0.3, 0.4) is 0 Å². The fraction of sp³-hybridized carbons (Fsp3) is 0.381. The van der Waals surface area contributed by atoms with Gasteiger partial charge in [0.25, 0.3) is 0 Å². The first-order chi connectivity index (χ1) is 12.7. The lowest BCUT2D eigenvalue weighted by Gasteiger charge is -2.28. The normalized spacial score (nSPS) is 15.7. The number of likely N-dealkylation sites (tertiary alicyclic amines) is 1. The minimum atomic E-state index is -0.235. The monoisotopic (exact) mass is 372 g/mol. The second-order valence-corrected chi connectivity index (χ2v) is 7.69. The highest BCUT2D eigenvalue weighted by atomic mass is 32.2. The Hall–Kier alpha value is -1.85. The Morgan fingerprint density at radius 2 is 1.77 bits per heavy atom. The summed E-state index contributed by atoms with van der Waals surface area (Å²) in [5, 5.41) is 3.10. The Morgan fingerprint density at radius 1 is 1.08 bits per heavy atom. The van der Waals surface area contributed by atoms with Crippen molar-refractivity contribution in [3.63, 3.8) is 0 Å². The van der Waals surface area contributed by atoms with Gasteiger partial charge in [-0.05, 0) is 55.8 Å². The molecule has 1 aliphatic heterocycles. The molecule has 3 rings (SSSR count). The van der Waals surface area contributed by atoms with Crippen LogP contribution in [0.25, 0.3) is 0 Å². The highest BCUT2D eigenvalue weighted by Gasteiger charge is 2.23. The van der Waals surface area contributed by atoms with Crippen molar-refractivity contribution in [3.05, 3.63) is 66.0 Å². The lowest BCUT2D eigenvalue weighted by atomic mass is 10.1. The Bertz CT molecular complexity index is 687. The minimum Gasteiger partial charge on any atom is -0.354 e. The molecule has 0 saturated carbocycles. The van der Waals surface area contributed by atoms with Gasteiger partial charge in [-0.2, -0.15) is 0 Å². The molecular weight excluding hydrogens is 347 g/mol. The van der Waals surface area contributed by atoms with Crippen LogP contribution in [-0.4, -0.2) is 36.2 Å². The molecule has 0 spiro atoms. The molecule has 1 aliphatic rings. The van der Waals surface area contributed by atoms with E-state index in [1.54, 1.807) is 23.9 Å². The van der Waals surface area contributed by atoms with Gasteiger partial charge in [0.05, 0.1) is 6.04 Å². The zero-order valence-electron chi connectivity index (χ0n) is 14.9. The first-order valence-electron chi connectivity index (χ1n) is 9.16. The molecule has 1 saturated heterocycles. The number of carbonyl (C=O) groups excluding carboxylic acids is 1. The predicted molar refractivity (Wildman–Crippen MR) is 105 cm³/mol. The highest BCUT2D eigenvalue weighted by molar-refractivity contribution is 7.99. The predicted octanol–water partition coefficient (Wildman–Crippen LogP) is 4.26. The summed E-state index contributed by atoms with van der Waals surface area (Å²) in [7, 11) is 0. The molecule has 1 heterocycles. The highest BCUT2D eigenvalue weighted by Crippen LogP contribution is 2.24. The summed E-state index contributed by atoms with van der Waals surface area (Å²) in [6.45, 7) is 2.83. The molecule has 1 atom stereocenters. The van der Waals surface area contributed by atoms with E-state index in [-0.39, 0.29) is 17.8 Å². The zero-order valence-corrected chi connectivity index (χ0v) is 15.7. The van der Waals surface area contributed by atoms with E-state index in [1.807, 2.05) is 6.07 Å². The summed E-state index contributed by atoms with van der Waals surface area (Å²) in [5.41, 5.74) is 1.26. The number of hydrogen-bond donors (Lipinski definition) is 1.